The van der Waals surface area contributed by atoms with Crippen LogP contribution in [0.4, 0.5) is 0 Å². The number of benzene rings is 1. The number of sulfonamides is 1. The third kappa shape index (κ3) is 7.04. The molecule has 0 radical (unpaired) electrons. The molecule has 1 N–H and O–H groups in total. The van der Waals surface area contributed by atoms with Crippen LogP contribution in [0.3, 0.4) is 0 Å². The summed E-state index contributed by atoms with van der Waals surface area (Å²) in [7, 11) is -3.84. The molecule has 0 aliphatic carbocycles. The number of furan rings is 1. The molecule has 1 amide bonds. The summed E-state index contributed by atoms with van der Waals surface area (Å²) in [4.78, 5) is 15.5. The summed E-state index contributed by atoms with van der Waals surface area (Å²) >= 11 is 0. The SMILES string of the molecule is CCC1CCCCN1Cc1ccc(CNC(=O)C2CCN(S(=O)(=O)c3c(C)noc3/C=C/c3ccc(C)cc3)CC2)o1. The Balaban J connectivity index is 1.14. The van der Waals surface area contributed by atoms with Crippen LogP contribution in [0.2, 0.25) is 0 Å². The second-order valence-electron chi connectivity index (χ2n) is 11.5. The Hall–Kier alpha value is -3.21. The number of hydrogen-bond acceptors (Lipinski definition) is 7. The average Bonchev–Trinajstić information content (AvgIpc) is 3.62. The largest absolute Gasteiger partial charge is 0.463 e. The number of likely N-dealkylation sites (tertiary alicyclic amines) is 1. The van der Waals surface area contributed by atoms with Gasteiger partial charge in [-0.2, -0.15) is 4.31 Å². The highest BCUT2D eigenvalue weighted by Gasteiger charge is 2.36. The fourth-order valence-corrected chi connectivity index (χ4v) is 7.71. The van der Waals surface area contributed by atoms with Gasteiger partial charge in [-0.25, -0.2) is 8.42 Å². The Morgan fingerprint density at radius 1 is 1.00 bits per heavy atom. The van der Waals surface area contributed by atoms with Crippen molar-refractivity contribution in [3.05, 3.63) is 70.5 Å². The van der Waals surface area contributed by atoms with Crippen molar-refractivity contribution in [2.75, 3.05) is 19.6 Å². The predicted molar refractivity (Wildman–Crippen MR) is 162 cm³/mol. The van der Waals surface area contributed by atoms with Crippen LogP contribution in [0, 0.1) is 19.8 Å². The summed E-state index contributed by atoms with van der Waals surface area (Å²) in [5.74, 6) is 1.54. The lowest BCUT2D eigenvalue weighted by molar-refractivity contribution is -0.126. The molecule has 0 saturated carbocycles. The van der Waals surface area contributed by atoms with E-state index in [1.165, 1.54) is 23.6 Å². The number of rotatable bonds is 10. The van der Waals surface area contributed by atoms with Crippen LogP contribution < -0.4 is 5.32 Å². The quantitative estimate of drug-likeness (QED) is 0.328. The normalized spacial score (nSPS) is 19.5. The molecule has 1 aromatic carbocycles. The number of amides is 1. The van der Waals surface area contributed by atoms with Crippen molar-refractivity contribution in [2.24, 2.45) is 5.92 Å². The summed E-state index contributed by atoms with van der Waals surface area (Å²) in [6.07, 6.45) is 9.26. The minimum Gasteiger partial charge on any atom is -0.463 e. The van der Waals surface area contributed by atoms with Crippen LogP contribution in [0.5, 0.6) is 0 Å². The minimum atomic E-state index is -3.84. The van der Waals surface area contributed by atoms with Crippen molar-refractivity contribution in [1.82, 2.24) is 19.7 Å². The third-order valence-corrected chi connectivity index (χ3v) is 10.6. The fourth-order valence-electron chi connectivity index (χ4n) is 5.99. The van der Waals surface area contributed by atoms with Gasteiger partial charge < -0.3 is 14.3 Å². The molecule has 2 fully saturated rings. The molecule has 1 unspecified atom stereocenters. The van der Waals surface area contributed by atoms with Crippen LogP contribution in [-0.4, -0.2) is 54.4 Å². The Morgan fingerprint density at radius 2 is 1.74 bits per heavy atom. The molecule has 4 heterocycles. The standard InChI is InChI=1S/C32H42N4O5S/c1-4-27-7-5-6-18-35(27)22-29-14-13-28(40-29)21-33-32(37)26-16-19-36(20-17-26)42(38,39)31-24(3)34-41-30(31)15-12-25-10-8-23(2)9-11-25/h8-15,26-27H,4-7,16-22H2,1-3H3,(H,33,37)/b15-12+. The van der Waals surface area contributed by atoms with Gasteiger partial charge in [0.15, 0.2) is 10.7 Å². The van der Waals surface area contributed by atoms with Crippen LogP contribution in [0.1, 0.15) is 79.6 Å². The van der Waals surface area contributed by atoms with E-state index in [4.69, 9.17) is 8.94 Å². The monoisotopic (exact) mass is 594 g/mol. The smallest absolute Gasteiger partial charge is 0.248 e. The molecule has 2 aliphatic rings. The zero-order valence-corrected chi connectivity index (χ0v) is 25.7. The second-order valence-corrected chi connectivity index (χ2v) is 13.4. The molecule has 226 valence electrons. The first-order valence-electron chi connectivity index (χ1n) is 15.0. The molecular formula is C32H42N4O5S. The van der Waals surface area contributed by atoms with Gasteiger partial charge in [0.1, 0.15) is 17.2 Å². The van der Waals surface area contributed by atoms with E-state index in [9.17, 15) is 13.2 Å². The molecule has 2 aliphatic heterocycles. The van der Waals surface area contributed by atoms with Crippen LogP contribution in [-0.2, 0) is 27.9 Å². The van der Waals surface area contributed by atoms with Gasteiger partial charge in [-0.15, -0.1) is 0 Å². The summed E-state index contributed by atoms with van der Waals surface area (Å²) in [5, 5.41) is 6.93. The van der Waals surface area contributed by atoms with E-state index in [-0.39, 0.29) is 35.6 Å². The van der Waals surface area contributed by atoms with E-state index < -0.39 is 10.0 Å². The molecule has 42 heavy (non-hydrogen) atoms. The van der Waals surface area contributed by atoms with E-state index in [2.05, 4.69) is 22.3 Å². The van der Waals surface area contributed by atoms with E-state index in [0.29, 0.717) is 31.1 Å². The number of nitrogens with one attached hydrogen (secondary N) is 1. The Morgan fingerprint density at radius 3 is 2.48 bits per heavy atom. The zero-order chi connectivity index (χ0) is 29.7. The van der Waals surface area contributed by atoms with E-state index >= 15 is 0 Å². The number of nitrogens with zero attached hydrogens (tertiary/aromatic N) is 3. The summed E-state index contributed by atoms with van der Waals surface area (Å²) < 4.78 is 40.0. The Labute approximate surface area is 249 Å². The number of hydrogen-bond donors (Lipinski definition) is 1. The van der Waals surface area contributed by atoms with Crippen molar-refractivity contribution >= 4 is 28.1 Å². The van der Waals surface area contributed by atoms with E-state index in [1.807, 2.05) is 49.4 Å². The van der Waals surface area contributed by atoms with Gasteiger partial charge in [-0.3, -0.25) is 9.69 Å². The van der Waals surface area contributed by atoms with Crippen LogP contribution in [0.25, 0.3) is 12.2 Å². The maximum Gasteiger partial charge on any atom is 0.248 e. The maximum absolute atomic E-state index is 13.6. The topological polar surface area (TPSA) is 109 Å². The van der Waals surface area contributed by atoms with Crippen molar-refractivity contribution in [3.63, 3.8) is 0 Å². The number of carbonyl (C=O) groups excluding carboxylic acids is 1. The molecule has 2 saturated heterocycles. The summed E-state index contributed by atoms with van der Waals surface area (Å²) in [6, 6.07) is 12.4. The molecule has 9 nitrogen and oxygen atoms in total. The molecular weight excluding hydrogens is 552 g/mol. The van der Waals surface area contributed by atoms with Gasteiger partial charge in [-0.1, -0.05) is 54.4 Å². The summed E-state index contributed by atoms with van der Waals surface area (Å²) in [6.45, 7) is 8.62. The Bertz CT molecular complexity index is 1480. The highest BCUT2D eigenvalue weighted by Crippen LogP contribution is 2.29. The number of aryl methyl sites for hydroxylation is 2. The molecule has 3 aromatic rings. The molecule has 0 spiro atoms. The van der Waals surface area contributed by atoms with Gasteiger partial charge in [0, 0.05) is 25.0 Å². The van der Waals surface area contributed by atoms with Crippen molar-refractivity contribution < 1.29 is 22.2 Å². The first-order chi connectivity index (χ1) is 20.2. The molecule has 1 atom stereocenters. The number of carbonyl (C=O) groups is 1. The van der Waals surface area contributed by atoms with Crippen molar-refractivity contribution in [2.45, 2.75) is 83.3 Å². The highest BCUT2D eigenvalue weighted by atomic mass is 32.2. The lowest BCUT2D eigenvalue weighted by atomic mass is 9.97. The molecule has 0 bridgehead atoms. The lowest BCUT2D eigenvalue weighted by Gasteiger charge is -2.34. The van der Waals surface area contributed by atoms with Gasteiger partial charge in [0.25, 0.3) is 0 Å². The summed E-state index contributed by atoms with van der Waals surface area (Å²) in [5.41, 5.74) is 2.40. The average molecular weight is 595 g/mol. The van der Waals surface area contributed by atoms with E-state index in [1.54, 1.807) is 13.0 Å². The number of piperidine rings is 2. The van der Waals surface area contributed by atoms with E-state index in [0.717, 1.165) is 42.2 Å². The van der Waals surface area contributed by atoms with Gasteiger partial charge >= 0.3 is 0 Å². The maximum atomic E-state index is 13.6. The molecule has 5 rings (SSSR count). The van der Waals surface area contributed by atoms with Gasteiger partial charge in [-0.05, 0) is 76.3 Å². The lowest BCUT2D eigenvalue weighted by Crippen LogP contribution is -2.43. The first-order valence-corrected chi connectivity index (χ1v) is 16.5. The molecule has 10 heteroatoms. The molecule has 2 aromatic heterocycles. The van der Waals surface area contributed by atoms with Crippen LogP contribution >= 0.6 is 0 Å². The van der Waals surface area contributed by atoms with Crippen molar-refractivity contribution in [1.29, 1.82) is 0 Å². The Kier molecular flexibility index (Phi) is 9.65. The van der Waals surface area contributed by atoms with Gasteiger partial charge in [0.2, 0.25) is 15.9 Å². The predicted octanol–water partition coefficient (Wildman–Crippen LogP) is 5.54. The third-order valence-electron chi connectivity index (χ3n) is 8.49. The zero-order valence-electron chi connectivity index (χ0n) is 24.8. The van der Waals surface area contributed by atoms with Crippen LogP contribution in [0.15, 0.2) is 50.2 Å². The minimum absolute atomic E-state index is 0.0741. The van der Waals surface area contributed by atoms with Crippen molar-refractivity contribution in [3.8, 4) is 0 Å². The first kappa shape index (κ1) is 30.3. The highest BCUT2D eigenvalue weighted by molar-refractivity contribution is 7.89. The number of aromatic nitrogens is 1. The van der Waals surface area contributed by atoms with Gasteiger partial charge in [0.05, 0.1) is 13.1 Å². The second kappa shape index (κ2) is 13.4. The fraction of sp³-hybridized carbons (Fsp3) is 0.500.